The van der Waals surface area contributed by atoms with Crippen LogP contribution in [-0.2, 0) is 16.1 Å². The molecule has 0 fully saturated rings. The van der Waals surface area contributed by atoms with Crippen LogP contribution in [0.3, 0.4) is 0 Å². The molecule has 1 unspecified atom stereocenters. The Kier molecular flexibility index (Phi) is 5.89. The highest BCUT2D eigenvalue weighted by Crippen LogP contribution is 2.29. The second-order valence-electron chi connectivity index (χ2n) is 6.60. The van der Waals surface area contributed by atoms with Gasteiger partial charge in [-0.1, -0.05) is 24.3 Å². The number of ether oxygens (including phenoxy) is 1. The number of carbonyl (C=O) groups excluding carboxylic acids is 2. The van der Waals surface area contributed by atoms with Crippen molar-refractivity contribution in [3.8, 4) is 5.75 Å². The number of benzene rings is 2. The summed E-state index contributed by atoms with van der Waals surface area (Å²) in [7, 11) is 1.79. The molecule has 1 aliphatic rings. The quantitative estimate of drug-likeness (QED) is 0.825. The molecule has 0 saturated heterocycles. The van der Waals surface area contributed by atoms with Crippen LogP contribution in [0.4, 0.5) is 20.2 Å². The van der Waals surface area contributed by atoms with Crippen molar-refractivity contribution < 1.29 is 23.1 Å². The molecule has 0 saturated carbocycles. The van der Waals surface area contributed by atoms with Crippen molar-refractivity contribution in [2.45, 2.75) is 26.1 Å². The maximum absolute atomic E-state index is 13.0. The molecule has 6 nitrogen and oxygen atoms in total. The van der Waals surface area contributed by atoms with Crippen molar-refractivity contribution in [1.82, 2.24) is 4.90 Å². The van der Waals surface area contributed by atoms with Crippen molar-refractivity contribution >= 4 is 23.2 Å². The fourth-order valence-corrected chi connectivity index (χ4v) is 3.05. The van der Waals surface area contributed by atoms with E-state index in [9.17, 15) is 18.4 Å². The van der Waals surface area contributed by atoms with E-state index in [0.717, 1.165) is 5.56 Å². The molecular formula is C20H21F2N3O3. The van der Waals surface area contributed by atoms with E-state index < -0.39 is 12.7 Å². The van der Waals surface area contributed by atoms with Crippen LogP contribution < -0.4 is 15.0 Å². The molecule has 2 aromatic rings. The van der Waals surface area contributed by atoms with Crippen LogP contribution in [0.25, 0.3) is 0 Å². The molecule has 2 aromatic carbocycles. The van der Waals surface area contributed by atoms with E-state index in [1.165, 1.54) is 17.0 Å². The first-order chi connectivity index (χ1) is 13.3. The number of halogens is 2. The summed E-state index contributed by atoms with van der Waals surface area (Å²) in [5.41, 5.74) is 2.12. The lowest BCUT2D eigenvalue weighted by Crippen LogP contribution is -2.50. The first-order valence-corrected chi connectivity index (χ1v) is 8.79. The van der Waals surface area contributed by atoms with Gasteiger partial charge in [-0.2, -0.15) is 8.78 Å². The predicted octanol–water partition coefficient (Wildman–Crippen LogP) is 3.09. The summed E-state index contributed by atoms with van der Waals surface area (Å²) >= 11 is 0. The molecule has 28 heavy (non-hydrogen) atoms. The number of alkyl halides is 2. The number of amides is 2. The summed E-state index contributed by atoms with van der Waals surface area (Å²) in [6.07, 6.45) is 0. The summed E-state index contributed by atoms with van der Waals surface area (Å²) in [4.78, 5) is 28.3. The Hall–Kier alpha value is -3.00. The largest absolute Gasteiger partial charge is 0.435 e. The highest BCUT2D eigenvalue weighted by Gasteiger charge is 2.31. The third kappa shape index (κ3) is 4.45. The highest BCUT2D eigenvalue weighted by molar-refractivity contribution is 6.11. The van der Waals surface area contributed by atoms with Crippen molar-refractivity contribution in [1.29, 1.82) is 0 Å². The number of para-hydroxylation sites is 2. The second-order valence-corrected chi connectivity index (χ2v) is 6.60. The third-order valence-electron chi connectivity index (χ3n) is 4.64. The Bertz CT molecular complexity index is 858. The molecule has 0 aliphatic carbocycles. The van der Waals surface area contributed by atoms with Gasteiger partial charge in [0.15, 0.2) is 0 Å². The normalized spacial score (nSPS) is 14.6. The molecule has 3 rings (SSSR count). The zero-order valence-corrected chi connectivity index (χ0v) is 15.6. The number of rotatable bonds is 6. The minimum Gasteiger partial charge on any atom is -0.435 e. The number of fused-ring (bicyclic) bond motifs is 1. The molecule has 1 atom stereocenters. The van der Waals surface area contributed by atoms with Crippen LogP contribution in [0.5, 0.6) is 5.75 Å². The smallest absolute Gasteiger partial charge is 0.387 e. The lowest BCUT2D eigenvalue weighted by molar-refractivity contribution is -0.125. The van der Waals surface area contributed by atoms with Gasteiger partial charge in [-0.15, -0.1) is 0 Å². The van der Waals surface area contributed by atoms with Crippen LogP contribution in [0.2, 0.25) is 0 Å². The number of likely N-dealkylation sites (N-methyl/N-ethyl adjacent to an activating group) is 1. The summed E-state index contributed by atoms with van der Waals surface area (Å²) in [6.45, 7) is -0.695. The second kappa shape index (κ2) is 8.35. The molecule has 2 amide bonds. The highest BCUT2D eigenvalue weighted by atomic mass is 19.3. The summed E-state index contributed by atoms with van der Waals surface area (Å²) < 4.78 is 28.8. The van der Waals surface area contributed by atoms with E-state index in [0.29, 0.717) is 17.9 Å². The summed E-state index contributed by atoms with van der Waals surface area (Å²) in [6, 6.07) is 12.9. The van der Waals surface area contributed by atoms with Crippen LogP contribution in [0.1, 0.15) is 12.5 Å². The minimum atomic E-state index is -2.87. The lowest BCUT2D eigenvalue weighted by atomic mass is 10.1. The molecule has 148 valence electrons. The zero-order chi connectivity index (χ0) is 20.3. The molecule has 0 spiro atoms. The third-order valence-corrected chi connectivity index (χ3v) is 4.64. The molecule has 1 aliphatic heterocycles. The van der Waals surface area contributed by atoms with E-state index in [4.69, 9.17) is 0 Å². The van der Waals surface area contributed by atoms with Gasteiger partial charge >= 0.3 is 6.61 Å². The number of anilines is 2. The summed E-state index contributed by atoms with van der Waals surface area (Å²) in [5, 5.41) is 2.76. The molecule has 0 radical (unpaired) electrons. The van der Waals surface area contributed by atoms with Gasteiger partial charge in [0.05, 0.1) is 17.4 Å². The first-order valence-electron chi connectivity index (χ1n) is 8.79. The van der Waals surface area contributed by atoms with E-state index in [1.54, 1.807) is 44.3 Å². The fraction of sp³-hybridized carbons (Fsp3) is 0.300. The van der Waals surface area contributed by atoms with Gasteiger partial charge in [-0.3, -0.25) is 19.4 Å². The van der Waals surface area contributed by atoms with E-state index in [2.05, 4.69) is 10.1 Å². The van der Waals surface area contributed by atoms with Gasteiger partial charge in [-0.25, -0.2) is 0 Å². The van der Waals surface area contributed by atoms with Crippen LogP contribution in [-0.4, -0.2) is 43.0 Å². The zero-order valence-electron chi connectivity index (χ0n) is 15.6. The van der Waals surface area contributed by atoms with Gasteiger partial charge in [-0.05, 0) is 43.8 Å². The van der Waals surface area contributed by atoms with Gasteiger partial charge in [0.2, 0.25) is 11.8 Å². The van der Waals surface area contributed by atoms with Crippen LogP contribution in [0.15, 0.2) is 48.5 Å². The standard InChI is InChI=1S/C20H21F2N3O3/c1-13(24(2)11-14-7-9-15(10-8-14)28-20(21)22)19(27)25-12-18(26)23-16-5-3-4-6-17(16)25/h3-10,13,20H,11-12H2,1-2H3,(H,23,26). The first kappa shape index (κ1) is 19.8. The number of nitrogens with one attached hydrogen (secondary N) is 1. The van der Waals surface area contributed by atoms with Crippen molar-refractivity contribution in [2.75, 3.05) is 23.8 Å². The predicted molar refractivity (Wildman–Crippen MR) is 101 cm³/mol. The number of carbonyl (C=O) groups is 2. The minimum absolute atomic E-state index is 0.0340. The van der Waals surface area contributed by atoms with E-state index >= 15 is 0 Å². The van der Waals surface area contributed by atoms with Gasteiger partial charge in [0.25, 0.3) is 0 Å². The van der Waals surface area contributed by atoms with Gasteiger partial charge in [0.1, 0.15) is 12.3 Å². The van der Waals surface area contributed by atoms with E-state index in [1.807, 2.05) is 11.0 Å². The number of hydrogen-bond donors (Lipinski definition) is 1. The molecule has 8 heteroatoms. The molecule has 1 heterocycles. The molecule has 0 bridgehead atoms. The topological polar surface area (TPSA) is 61.9 Å². The summed E-state index contributed by atoms with van der Waals surface area (Å²) in [5.74, 6) is -0.347. The van der Waals surface area contributed by atoms with Crippen LogP contribution >= 0.6 is 0 Å². The van der Waals surface area contributed by atoms with Crippen molar-refractivity contribution in [3.63, 3.8) is 0 Å². The van der Waals surface area contributed by atoms with Crippen molar-refractivity contribution in [2.24, 2.45) is 0 Å². The molecular weight excluding hydrogens is 368 g/mol. The molecule has 1 N–H and O–H groups in total. The number of nitrogens with zero attached hydrogens (tertiary/aromatic N) is 2. The van der Waals surface area contributed by atoms with Gasteiger partial charge < -0.3 is 10.1 Å². The lowest BCUT2D eigenvalue weighted by Gasteiger charge is -2.33. The molecule has 0 aromatic heterocycles. The van der Waals surface area contributed by atoms with Crippen molar-refractivity contribution in [3.05, 3.63) is 54.1 Å². The Balaban J connectivity index is 1.68. The Morgan fingerprint density at radius 1 is 1.21 bits per heavy atom. The monoisotopic (exact) mass is 389 g/mol. The maximum Gasteiger partial charge on any atom is 0.387 e. The Morgan fingerprint density at radius 3 is 2.57 bits per heavy atom. The van der Waals surface area contributed by atoms with E-state index in [-0.39, 0.29) is 24.1 Å². The average Bonchev–Trinajstić information content (AvgIpc) is 2.67. The van der Waals surface area contributed by atoms with Crippen LogP contribution in [0, 0.1) is 0 Å². The van der Waals surface area contributed by atoms with Gasteiger partial charge in [0, 0.05) is 6.54 Å². The maximum atomic E-state index is 13.0. The fourth-order valence-electron chi connectivity index (χ4n) is 3.05. The Labute approximate surface area is 161 Å². The Morgan fingerprint density at radius 2 is 1.89 bits per heavy atom. The number of hydrogen-bond acceptors (Lipinski definition) is 4. The average molecular weight is 389 g/mol. The SMILES string of the molecule is CC(C(=O)N1CC(=O)Nc2ccccc21)N(C)Cc1ccc(OC(F)F)cc1.